The summed E-state index contributed by atoms with van der Waals surface area (Å²) in [5.74, 6) is 0.822. The zero-order valence-electron chi connectivity index (χ0n) is 7.57. The van der Waals surface area contributed by atoms with E-state index >= 15 is 0 Å². The van der Waals surface area contributed by atoms with Crippen molar-refractivity contribution in [2.75, 3.05) is 0 Å². The van der Waals surface area contributed by atoms with Gasteiger partial charge in [0.25, 0.3) is 0 Å². The van der Waals surface area contributed by atoms with Crippen LogP contribution in [0.1, 0.15) is 17.6 Å². The van der Waals surface area contributed by atoms with Crippen LogP contribution in [0.4, 0.5) is 0 Å². The van der Waals surface area contributed by atoms with Crippen molar-refractivity contribution in [3.8, 4) is 10.7 Å². The maximum Gasteiger partial charge on any atom is 0.145 e. The first-order valence-electron chi connectivity index (χ1n) is 4.18. The Morgan fingerprint density at radius 1 is 1.54 bits per heavy atom. The van der Waals surface area contributed by atoms with Crippen LogP contribution in [0, 0.1) is 6.92 Å². The Morgan fingerprint density at radius 3 is 2.92 bits per heavy atom. The van der Waals surface area contributed by atoms with E-state index in [1.807, 2.05) is 19.2 Å². The minimum Gasteiger partial charge on any atom is -0.361 e. The number of thiazole rings is 1. The lowest BCUT2D eigenvalue weighted by atomic mass is 10.4. The molecule has 2 rings (SSSR count). The van der Waals surface area contributed by atoms with Crippen LogP contribution in [-0.2, 0) is 6.42 Å². The lowest BCUT2D eigenvalue weighted by Crippen LogP contribution is -1.71. The predicted octanol–water partition coefficient (Wildman–Crippen LogP) is 2.67. The van der Waals surface area contributed by atoms with Crippen LogP contribution in [0.25, 0.3) is 10.7 Å². The number of hydrogen-bond donors (Lipinski definition) is 0. The van der Waals surface area contributed by atoms with Gasteiger partial charge in [0.2, 0.25) is 0 Å². The van der Waals surface area contributed by atoms with E-state index in [1.165, 1.54) is 4.88 Å². The number of rotatable bonds is 2. The second kappa shape index (κ2) is 3.30. The summed E-state index contributed by atoms with van der Waals surface area (Å²) in [4.78, 5) is 5.54. The first-order chi connectivity index (χ1) is 6.29. The SMILES string of the molecule is CCc1cnc(-c2cc(C)on2)s1. The second-order valence-electron chi connectivity index (χ2n) is 2.81. The Labute approximate surface area is 80.4 Å². The number of nitrogens with zero attached hydrogens (tertiary/aromatic N) is 2. The van der Waals surface area contributed by atoms with Gasteiger partial charge in [0.05, 0.1) is 0 Å². The zero-order chi connectivity index (χ0) is 9.26. The molecule has 0 aromatic carbocycles. The molecule has 0 unspecified atom stereocenters. The first kappa shape index (κ1) is 8.44. The molecule has 0 bridgehead atoms. The van der Waals surface area contributed by atoms with E-state index in [-0.39, 0.29) is 0 Å². The highest BCUT2D eigenvalue weighted by molar-refractivity contribution is 7.14. The van der Waals surface area contributed by atoms with Crippen LogP contribution in [0.2, 0.25) is 0 Å². The summed E-state index contributed by atoms with van der Waals surface area (Å²) in [6.07, 6.45) is 2.92. The van der Waals surface area contributed by atoms with Gasteiger partial charge in [0.1, 0.15) is 16.5 Å². The van der Waals surface area contributed by atoms with Gasteiger partial charge in [-0.3, -0.25) is 0 Å². The zero-order valence-corrected chi connectivity index (χ0v) is 8.39. The molecule has 0 amide bonds. The van der Waals surface area contributed by atoms with Gasteiger partial charge in [-0.15, -0.1) is 11.3 Å². The van der Waals surface area contributed by atoms with Crippen molar-refractivity contribution in [2.45, 2.75) is 20.3 Å². The molecule has 3 nitrogen and oxygen atoms in total. The molecule has 0 radical (unpaired) electrons. The highest BCUT2D eigenvalue weighted by Gasteiger charge is 2.07. The van der Waals surface area contributed by atoms with Gasteiger partial charge in [-0.05, 0) is 13.3 Å². The topological polar surface area (TPSA) is 38.9 Å². The third-order valence-corrected chi connectivity index (χ3v) is 2.91. The van der Waals surface area contributed by atoms with Crippen molar-refractivity contribution in [3.63, 3.8) is 0 Å². The van der Waals surface area contributed by atoms with E-state index in [4.69, 9.17) is 4.52 Å². The van der Waals surface area contributed by atoms with Crippen molar-refractivity contribution >= 4 is 11.3 Å². The van der Waals surface area contributed by atoms with Crippen LogP contribution in [-0.4, -0.2) is 10.1 Å². The smallest absolute Gasteiger partial charge is 0.145 e. The molecule has 0 spiro atoms. The molecule has 2 heterocycles. The molecule has 0 N–H and O–H groups in total. The molecule has 0 aliphatic rings. The fraction of sp³-hybridized carbons (Fsp3) is 0.333. The van der Waals surface area contributed by atoms with Gasteiger partial charge in [-0.2, -0.15) is 0 Å². The summed E-state index contributed by atoms with van der Waals surface area (Å²) in [6.45, 7) is 4.00. The van der Waals surface area contributed by atoms with E-state index in [0.29, 0.717) is 0 Å². The van der Waals surface area contributed by atoms with Crippen LogP contribution < -0.4 is 0 Å². The predicted molar refractivity (Wildman–Crippen MR) is 51.7 cm³/mol. The highest BCUT2D eigenvalue weighted by Crippen LogP contribution is 2.24. The van der Waals surface area contributed by atoms with E-state index in [1.54, 1.807) is 11.3 Å². The van der Waals surface area contributed by atoms with Crippen molar-refractivity contribution in [3.05, 3.63) is 22.9 Å². The van der Waals surface area contributed by atoms with Gasteiger partial charge in [0, 0.05) is 17.1 Å². The average Bonchev–Trinajstić information content (AvgIpc) is 2.71. The van der Waals surface area contributed by atoms with Gasteiger partial charge < -0.3 is 4.52 Å². The molecule has 0 aliphatic carbocycles. The Kier molecular flexibility index (Phi) is 2.14. The fourth-order valence-electron chi connectivity index (χ4n) is 1.06. The summed E-state index contributed by atoms with van der Waals surface area (Å²) >= 11 is 1.67. The standard InChI is InChI=1S/C9H10N2OS/c1-3-7-5-10-9(13-7)8-4-6(2)12-11-8/h4-5H,3H2,1-2H3. The molecular formula is C9H10N2OS. The summed E-state index contributed by atoms with van der Waals surface area (Å²) in [5.41, 5.74) is 0.835. The quantitative estimate of drug-likeness (QED) is 0.737. The monoisotopic (exact) mass is 194 g/mol. The van der Waals surface area contributed by atoms with Crippen LogP contribution >= 0.6 is 11.3 Å². The molecule has 0 atom stereocenters. The average molecular weight is 194 g/mol. The molecule has 0 aliphatic heterocycles. The minimum atomic E-state index is 0.822. The largest absolute Gasteiger partial charge is 0.361 e. The van der Waals surface area contributed by atoms with Crippen LogP contribution in [0.5, 0.6) is 0 Å². The van der Waals surface area contributed by atoms with E-state index in [0.717, 1.165) is 22.9 Å². The maximum atomic E-state index is 4.98. The summed E-state index contributed by atoms with van der Waals surface area (Å²) in [7, 11) is 0. The fourth-order valence-corrected chi connectivity index (χ4v) is 1.86. The first-order valence-corrected chi connectivity index (χ1v) is 4.99. The molecule has 2 aromatic heterocycles. The summed E-state index contributed by atoms with van der Waals surface area (Å²) in [6, 6.07) is 1.90. The Bertz CT molecular complexity index is 405. The molecule has 0 saturated carbocycles. The van der Waals surface area contributed by atoms with E-state index in [2.05, 4.69) is 17.1 Å². The Morgan fingerprint density at radius 2 is 2.38 bits per heavy atom. The van der Waals surface area contributed by atoms with Crippen LogP contribution in [0.3, 0.4) is 0 Å². The van der Waals surface area contributed by atoms with Crippen LogP contribution in [0.15, 0.2) is 16.8 Å². The van der Waals surface area contributed by atoms with Crippen molar-refractivity contribution in [1.82, 2.24) is 10.1 Å². The lowest BCUT2D eigenvalue weighted by Gasteiger charge is -1.83. The van der Waals surface area contributed by atoms with E-state index < -0.39 is 0 Å². The van der Waals surface area contributed by atoms with Crippen molar-refractivity contribution < 1.29 is 4.52 Å². The number of aromatic nitrogens is 2. The van der Waals surface area contributed by atoms with Gasteiger partial charge in [-0.25, -0.2) is 4.98 Å². The summed E-state index contributed by atoms with van der Waals surface area (Å²) < 4.78 is 4.98. The molecule has 13 heavy (non-hydrogen) atoms. The molecule has 0 fully saturated rings. The lowest BCUT2D eigenvalue weighted by molar-refractivity contribution is 0.399. The second-order valence-corrected chi connectivity index (χ2v) is 3.92. The van der Waals surface area contributed by atoms with Crippen molar-refractivity contribution in [1.29, 1.82) is 0 Å². The summed E-state index contributed by atoms with van der Waals surface area (Å²) in [5, 5.41) is 4.85. The molecule has 2 aromatic rings. The molecule has 68 valence electrons. The third-order valence-electron chi connectivity index (χ3n) is 1.75. The molecule has 4 heteroatoms. The Balaban J connectivity index is 2.35. The van der Waals surface area contributed by atoms with Gasteiger partial charge in [-0.1, -0.05) is 12.1 Å². The van der Waals surface area contributed by atoms with Crippen molar-refractivity contribution in [2.24, 2.45) is 0 Å². The van der Waals surface area contributed by atoms with Gasteiger partial charge >= 0.3 is 0 Å². The highest BCUT2D eigenvalue weighted by atomic mass is 32.1. The molecular weight excluding hydrogens is 184 g/mol. The maximum absolute atomic E-state index is 4.98. The van der Waals surface area contributed by atoms with E-state index in [9.17, 15) is 0 Å². The molecule has 0 saturated heterocycles. The number of aryl methyl sites for hydroxylation is 2. The normalized spacial score (nSPS) is 10.6. The Hall–Kier alpha value is -1.16. The third kappa shape index (κ3) is 1.62. The number of hydrogen-bond acceptors (Lipinski definition) is 4. The minimum absolute atomic E-state index is 0.822. The van der Waals surface area contributed by atoms with Gasteiger partial charge in [0.15, 0.2) is 0 Å².